The number of anilines is 1. The van der Waals surface area contributed by atoms with Crippen LogP contribution in [0.3, 0.4) is 0 Å². The Bertz CT molecular complexity index is 937. The lowest BCUT2D eigenvalue weighted by molar-refractivity contribution is 0.264. The van der Waals surface area contributed by atoms with Crippen molar-refractivity contribution in [3.05, 3.63) is 53.6 Å². The standard InChI is InChI=1S/C24H30N4O2/c29-18-6-7-19-17(15-18)5-8-21-20(19)16-24(26-21)25-9-10-27-11-13-28(14-12-27)22-3-1-2-4-23(22)30/h1-4,6-7,15,20-21,29-30H,5,8-14,16H2,(H,25,26). The molecular formula is C24H30N4O2. The van der Waals surface area contributed by atoms with Crippen LogP contribution in [0.25, 0.3) is 0 Å². The molecule has 3 N–H and O–H groups in total. The second-order valence-electron chi connectivity index (χ2n) is 8.63. The van der Waals surface area contributed by atoms with Gasteiger partial charge in [0.2, 0.25) is 0 Å². The van der Waals surface area contributed by atoms with Crippen molar-refractivity contribution in [3.63, 3.8) is 0 Å². The predicted molar refractivity (Wildman–Crippen MR) is 120 cm³/mol. The van der Waals surface area contributed by atoms with Gasteiger partial charge in [-0.3, -0.25) is 9.89 Å². The zero-order chi connectivity index (χ0) is 20.5. The van der Waals surface area contributed by atoms with Gasteiger partial charge >= 0.3 is 0 Å². The highest BCUT2D eigenvalue weighted by molar-refractivity contribution is 5.86. The Hall–Kier alpha value is -2.73. The third-order valence-corrected chi connectivity index (χ3v) is 6.82. The summed E-state index contributed by atoms with van der Waals surface area (Å²) in [5.41, 5.74) is 3.60. The van der Waals surface area contributed by atoms with Crippen LogP contribution in [0.15, 0.2) is 47.5 Å². The number of piperazine rings is 1. The summed E-state index contributed by atoms with van der Waals surface area (Å²) in [7, 11) is 0. The van der Waals surface area contributed by atoms with E-state index in [0.29, 0.717) is 23.5 Å². The third-order valence-electron chi connectivity index (χ3n) is 6.82. The van der Waals surface area contributed by atoms with Crippen LogP contribution < -0.4 is 10.2 Å². The molecule has 0 spiro atoms. The van der Waals surface area contributed by atoms with Crippen LogP contribution in [-0.2, 0) is 6.42 Å². The van der Waals surface area contributed by atoms with Gasteiger partial charge in [0.1, 0.15) is 11.5 Å². The minimum Gasteiger partial charge on any atom is -0.508 e. The molecular weight excluding hydrogens is 376 g/mol. The quantitative estimate of drug-likeness (QED) is 0.728. The summed E-state index contributed by atoms with van der Waals surface area (Å²) >= 11 is 0. The Morgan fingerprint density at radius 2 is 1.87 bits per heavy atom. The fourth-order valence-corrected chi connectivity index (χ4v) is 5.19. The molecule has 2 aromatic rings. The van der Waals surface area contributed by atoms with E-state index in [-0.39, 0.29) is 0 Å². The molecule has 2 aromatic carbocycles. The Kier molecular flexibility index (Phi) is 5.25. The number of hydrogen-bond acceptors (Lipinski definition) is 5. The number of amidine groups is 1. The van der Waals surface area contributed by atoms with Gasteiger partial charge in [-0.15, -0.1) is 0 Å². The second kappa shape index (κ2) is 8.19. The number of para-hydroxylation sites is 2. The van der Waals surface area contributed by atoms with E-state index in [1.54, 1.807) is 6.07 Å². The number of benzene rings is 2. The maximum atomic E-state index is 10.1. The fourth-order valence-electron chi connectivity index (χ4n) is 5.19. The smallest absolute Gasteiger partial charge is 0.138 e. The van der Waals surface area contributed by atoms with Crippen molar-refractivity contribution in [3.8, 4) is 11.5 Å². The average molecular weight is 407 g/mol. The predicted octanol–water partition coefficient (Wildman–Crippen LogP) is 2.71. The summed E-state index contributed by atoms with van der Waals surface area (Å²) in [6, 6.07) is 13.9. The summed E-state index contributed by atoms with van der Waals surface area (Å²) in [6.07, 6.45) is 3.10. The molecule has 0 bridgehead atoms. The van der Waals surface area contributed by atoms with Crippen LogP contribution in [0.5, 0.6) is 11.5 Å². The van der Waals surface area contributed by atoms with E-state index in [0.717, 1.165) is 70.1 Å². The van der Waals surface area contributed by atoms with E-state index in [9.17, 15) is 10.2 Å². The maximum Gasteiger partial charge on any atom is 0.138 e. The fraction of sp³-hybridized carbons (Fsp3) is 0.458. The van der Waals surface area contributed by atoms with Crippen molar-refractivity contribution >= 4 is 11.5 Å². The minimum absolute atomic E-state index is 0.364. The third kappa shape index (κ3) is 3.84. The molecule has 0 radical (unpaired) electrons. The van der Waals surface area contributed by atoms with Gasteiger partial charge in [0.25, 0.3) is 0 Å². The Morgan fingerprint density at radius 1 is 1.03 bits per heavy atom. The first-order valence-corrected chi connectivity index (χ1v) is 11.0. The van der Waals surface area contributed by atoms with Crippen LogP contribution in [0.4, 0.5) is 5.69 Å². The van der Waals surface area contributed by atoms with Crippen molar-refractivity contribution in [1.82, 2.24) is 10.2 Å². The minimum atomic E-state index is 0.364. The number of nitrogens with one attached hydrogen (secondary N) is 1. The first kappa shape index (κ1) is 19.2. The Labute approximate surface area is 177 Å². The largest absolute Gasteiger partial charge is 0.508 e. The number of aryl methyl sites for hydroxylation is 1. The first-order chi connectivity index (χ1) is 14.7. The molecule has 158 valence electrons. The molecule has 2 aliphatic heterocycles. The summed E-state index contributed by atoms with van der Waals surface area (Å²) < 4.78 is 0. The topological polar surface area (TPSA) is 71.3 Å². The van der Waals surface area contributed by atoms with Gasteiger partial charge in [-0.2, -0.15) is 0 Å². The van der Waals surface area contributed by atoms with Crippen molar-refractivity contribution in [2.45, 2.75) is 31.2 Å². The Morgan fingerprint density at radius 3 is 2.70 bits per heavy atom. The van der Waals surface area contributed by atoms with Crippen molar-refractivity contribution in [1.29, 1.82) is 0 Å². The van der Waals surface area contributed by atoms with E-state index in [1.165, 1.54) is 11.1 Å². The Balaban J connectivity index is 1.13. The summed E-state index contributed by atoms with van der Waals surface area (Å²) in [5.74, 6) is 2.35. The zero-order valence-electron chi connectivity index (χ0n) is 17.3. The average Bonchev–Trinajstić information content (AvgIpc) is 3.18. The number of aliphatic imine (C=N–C) groups is 1. The highest BCUT2D eigenvalue weighted by Gasteiger charge is 2.36. The van der Waals surface area contributed by atoms with Gasteiger partial charge in [0, 0.05) is 51.1 Å². The van der Waals surface area contributed by atoms with Gasteiger partial charge in [0.05, 0.1) is 18.1 Å². The molecule has 5 rings (SSSR count). The molecule has 0 aromatic heterocycles. The number of aromatic hydroxyl groups is 2. The number of phenols is 2. The molecule has 0 saturated carbocycles. The molecule has 6 heteroatoms. The lowest BCUT2D eigenvalue weighted by atomic mass is 9.80. The molecule has 2 saturated heterocycles. The van der Waals surface area contributed by atoms with Gasteiger partial charge in [0.15, 0.2) is 0 Å². The molecule has 1 aliphatic carbocycles. The van der Waals surface area contributed by atoms with Gasteiger partial charge in [-0.25, -0.2) is 0 Å². The first-order valence-electron chi connectivity index (χ1n) is 11.0. The normalized spacial score (nSPS) is 25.1. The number of phenolic OH excluding ortho intramolecular Hbond substituents is 2. The van der Waals surface area contributed by atoms with Crippen LogP contribution in [0.2, 0.25) is 0 Å². The number of fused-ring (bicyclic) bond motifs is 3. The van der Waals surface area contributed by atoms with E-state index in [1.807, 2.05) is 30.3 Å². The molecule has 2 unspecified atom stereocenters. The van der Waals surface area contributed by atoms with Crippen molar-refractivity contribution in [2.24, 2.45) is 4.99 Å². The molecule has 0 amide bonds. The SMILES string of the molecule is Oc1ccc2c(c1)CCC1NC(=NCCN3CCN(c4ccccc4O)CC3)CC21. The van der Waals surface area contributed by atoms with Gasteiger partial charge in [-0.05, 0) is 48.2 Å². The van der Waals surface area contributed by atoms with E-state index >= 15 is 0 Å². The van der Waals surface area contributed by atoms with Gasteiger partial charge < -0.3 is 20.4 Å². The zero-order valence-corrected chi connectivity index (χ0v) is 17.3. The van der Waals surface area contributed by atoms with Crippen molar-refractivity contribution in [2.75, 3.05) is 44.2 Å². The van der Waals surface area contributed by atoms with Crippen LogP contribution >= 0.6 is 0 Å². The molecule has 6 nitrogen and oxygen atoms in total. The molecule has 30 heavy (non-hydrogen) atoms. The lowest BCUT2D eigenvalue weighted by Gasteiger charge is -2.36. The summed E-state index contributed by atoms with van der Waals surface area (Å²) in [4.78, 5) is 9.60. The number of hydrogen-bond donors (Lipinski definition) is 3. The highest BCUT2D eigenvalue weighted by atomic mass is 16.3. The summed E-state index contributed by atoms with van der Waals surface area (Å²) in [6.45, 7) is 5.64. The van der Waals surface area contributed by atoms with Gasteiger partial charge in [-0.1, -0.05) is 18.2 Å². The second-order valence-corrected chi connectivity index (χ2v) is 8.63. The monoisotopic (exact) mass is 406 g/mol. The number of rotatable bonds is 4. The number of nitrogens with zero attached hydrogens (tertiary/aromatic N) is 3. The summed E-state index contributed by atoms with van der Waals surface area (Å²) in [5, 5.41) is 23.5. The molecule has 2 heterocycles. The van der Waals surface area contributed by atoms with Crippen LogP contribution in [-0.4, -0.2) is 66.3 Å². The molecule has 3 aliphatic rings. The lowest BCUT2D eigenvalue weighted by Crippen LogP contribution is -2.47. The van der Waals surface area contributed by atoms with Crippen LogP contribution in [0.1, 0.15) is 29.9 Å². The van der Waals surface area contributed by atoms with E-state index in [2.05, 4.69) is 21.2 Å². The molecule has 2 atom stereocenters. The molecule has 2 fully saturated rings. The highest BCUT2D eigenvalue weighted by Crippen LogP contribution is 2.39. The van der Waals surface area contributed by atoms with Crippen LogP contribution in [0, 0.1) is 0 Å². The van der Waals surface area contributed by atoms with Crippen molar-refractivity contribution < 1.29 is 10.2 Å². The van der Waals surface area contributed by atoms with E-state index in [4.69, 9.17) is 4.99 Å². The van der Waals surface area contributed by atoms with E-state index < -0.39 is 0 Å². The maximum absolute atomic E-state index is 10.1.